The summed E-state index contributed by atoms with van der Waals surface area (Å²) in [6, 6.07) is 12.3. The Morgan fingerprint density at radius 1 is 0.969 bits per heavy atom. The number of rotatable bonds is 5. The van der Waals surface area contributed by atoms with E-state index in [0.717, 1.165) is 16.7 Å². The van der Waals surface area contributed by atoms with Crippen molar-refractivity contribution in [2.24, 2.45) is 0 Å². The van der Waals surface area contributed by atoms with Crippen molar-refractivity contribution in [3.05, 3.63) is 97.9 Å². The summed E-state index contributed by atoms with van der Waals surface area (Å²) in [6.07, 6.45) is 0. The summed E-state index contributed by atoms with van der Waals surface area (Å²) < 4.78 is 0. The molecular formula is C25H21NO5S. The first-order valence-corrected chi connectivity index (χ1v) is 10.8. The highest BCUT2D eigenvalue weighted by Gasteiger charge is 2.45. The van der Waals surface area contributed by atoms with Crippen LogP contribution >= 0.6 is 11.3 Å². The standard InChI is InChI=1S/C25H21NO5S/c1-13-10-15(3)18(11-14(13)2)21-20(22(27)19-8-5-9-32-19)23(28)24(29)26(21)17-7-4-6-16(12-17)25(30)31/h4-12,21,28H,1-3H3,(H,30,31)/t21-/m0/s1. The van der Waals surface area contributed by atoms with Crippen LogP contribution in [0.15, 0.2) is 65.2 Å². The van der Waals surface area contributed by atoms with Crippen LogP contribution in [0.2, 0.25) is 0 Å². The molecule has 162 valence electrons. The summed E-state index contributed by atoms with van der Waals surface area (Å²) in [5.74, 6) is -2.92. The summed E-state index contributed by atoms with van der Waals surface area (Å²) in [4.78, 5) is 39.9. The third-order valence-electron chi connectivity index (χ3n) is 5.75. The number of benzene rings is 2. The number of carboxylic acid groups (broad SMARTS) is 1. The Labute approximate surface area is 189 Å². The monoisotopic (exact) mass is 447 g/mol. The van der Waals surface area contributed by atoms with Crippen LogP contribution < -0.4 is 4.90 Å². The average Bonchev–Trinajstić information content (AvgIpc) is 3.38. The topological polar surface area (TPSA) is 94.9 Å². The number of aryl methyl sites for hydroxylation is 3. The van der Waals surface area contributed by atoms with Gasteiger partial charge in [-0.1, -0.05) is 24.3 Å². The fourth-order valence-electron chi connectivity index (χ4n) is 4.00. The van der Waals surface area contributed by atoms with E-state index in [4.69, 9.17) is 0 Å². The summed E-state index contributed by atoms with van der Waals surface area (Å²) in [6.45, 7) is 5.81. The Bertz CT molecular complexity index is 1290. The van der Waals surface area contributed by atoms with Gasteiger partial charge < -0.3 is 10.2 Å². The van der Waals surface area contributed by atoms with E-state index in [1.807, 2.05) is 32.9 Å². The van der Waals surface area contributed by atoms with Gasteiger partial charge in [-0.2, -0.15) is 0 Å². The lowest BCUT2D eigenvalue weighted by molar-refractivity contribution is -0.117. The molecule has 32 heavy (non-hydrogen) atoms. The minimum atomic E-state index is -1.13. The third-order valence-corrected chi connectivity index (χ3v) is 6.61. The zero-order chi connectivity index (χ0) is 23.2. The van der Waals surface area contributed by atoms with Gasteiger partial charge in [0, 0.05) is 5.69 Å². The maximum atomic E-state index is 13.4. The number of amides is 1. The lowest BCUT2D eigenvalue weighted by atomic mass is 9.89. The van der Waals surface area contributed by atoms with Crippen LogP contribution in [0.1, 0.15) is 48.3 Å². The van der Waals surface area contributed by atoms with Crippen LogP contribution in [0.5, 0.6) is 0 Å². The summed E-state index contributed by atoms with van der Waals surface area (Å²) in [5.41, 5.74) is 3.88. The molecule has 2 aromatic carbocycles. The molecular weight excluding hydrogens is 426 g/mol. The van der Waals surface area contributed by atoms with Gasteiger partial charge in [0.25, 0.3) is 5.91 Å². The zero-order valence-corrected chi connectivity index (χ0v) is 18.6. The van der Waals surface area contributed by atoms with Gasteiger partial charge in [0.15, 0.2) is 5.76 Å². The number of hydrogen-bond acceptors (Lipinski definition) is 5. The Morgan fingerprint density at radius 2 is 1.69 bits per heavy atom. The van der Waals surface area contributed by atoms with Crippen LogP contribution in [0.25, 0.3) is 0 Å². The molecule has 0 radical (unpaired) electrons. The number of aliphatic hydroxyl groups is 1. The first-order valence-electron chi connectivity index (χ1n) is 9.96. The van der Waals surface area contributed by atoms with Crippen molar-refractivity contribution in [2.75, 3.05) is 4.90 Å². The first-order chi connectivity index (χ1) is 15.2. The fraction of sp³-hybridized carbons (Fsp3) is 0.160. The number of anilines is 1. The number of carbonyl (C=O) groups excluding carboxylic acids is 2. The molecule has 0 aliphatic carbocycles. The molecule has 0 saturated carbocycles. The number of Topliss-reactive ketones (excluding diaryl/α,β-unsaturated/α-hetero) is 1. The number of carbonyl (C=O) groups is 3. The second-order valence-corrected chi connectivity index (χ2v) is 8.74. The molecule has 1 aromatic heterocycles. The summed E-state index contributed by atoms with van der Waals surface area (Å²) in [7, 11) is 0. The highest BCUT2D eigenvalue weighted by molar-refractivity contribution is 7.12. The van der Waals surface area contributed by atoms with Gasteiger partial charge >= 0.3 is 5.97 Å². The van der Waals surface area contributed by atoms with Crippen LogP contribution in [0.4, 0.5) is 5.69 Å². The number of ketones is 1. The molecule has 0 fully saturated rings. The van der Waals surface area contributed by atoms with Crippen molar-refractivity contribution < 1.29 is 24.6 Å². The molecule has 4 rings (SSSR count). The van der Waals surface area contributed by atoms with Crippen molar-refractivity contribution in [1.82, 2.24) is 0 Å². The predicted molar refractivity (Wildman–Crippen MR) is 123 cm³/mol. The molecule has 0 bridgehead atoms. The first kappa shape index (κ1) is 21.5. The second-order valence-electron chi connectivity index (χ2n) is 7.79. The molecule has 7 heteroatoms. The molecule has 2 heterocycles. The summed E-state index contributed by atoms with van der Waals surface area (Å²) >= 11 is 1.23. The molecule has 1 aliphatic heterocycles. The van der Waals surface area contributed by atoms with E-state index in [0.29, 0.717) is 10.4 Å². The normalized spacial score (nSPS) is 16.0. The number of nitrogens with zero attached hydrogens (tertiary/aromatic N) is 1. The van der Waals surface area contributed by atoms with Crippen LogP contribution in [0, 0.1) is 20.8 Å². The van der Waals surface area contributed by atoms with Crippen molar-refractivity contribution >= 4 is 34.7 Å². The highest BCUT2D eigenvalue weighted by Crippen LogP contribution is 2.43. The lowest BCUT2D eigenvalue weighted by Crippen LogP contribution is -2.31. The van der Waals surface area contributed by atoms with Gasteiger partial charge in [-0.3, -0.25) is 14.5 Å². The molecule has 0 saturated heterocycles. The van der Waals surface area contributed by atoms with E-state index < -0.39 is 29.5 Å². The van der Waals surface area contributed by atoms with Crippen LogP contribution in [-0.4, -0.2) is 27.9 Å². The van der Waals surface area contributed by atoms with Crippen molar-refractivity contribution in [1.29, 1.82) is 0 Å². The Kier molecular flexibility index (Phi) is 5.44. The van der Waals surface area contributed by atoms with Crippen LogP contribution in [-0.2, 0) is 4.79 Å². The lowest BCUT2D eigenvalue weighted by Gasteiger charge is -2.29. The van der Waals surface area contributed by atoms with Gasteiger partial charge in [-0.25, -0.2) is 4.79 Å². The third kappa shape index (κ3) is 3.50. The van der Waals surface area contributed by atoms with Gasteiger partial charge in [0.1, 0.15) is 0 Å². The van der Waals surface area contributed by atoms with E-state index in [1.54, 1.807) is 23.6 Å². The molecule has 3 aromatic rings. The maximum absolute atomic E-state index is 13.4. The summed E-state index contributed by atoms with van der Waals surface area (Å²) in [5, 5.41) is 22.0. The van der Waals surface area contributed by atoms with Crippen molar-refractivity contribution in [2.45, 2.75) is 26.8 Å². The smallest absolute Gasteiger partial charge is 0.335 e. The maximum Gasteiger partial charge on any atom is 0.335 e. The molecule has 0 unspecified atom stereocenters. The number of carboxylic acids is 1. The molecule has 2 N–H and O–H groups in total. The highest BCUT2D eigenvalue weighted by atomic mass is 32.1. The molecule has 0 spiro atoms. The van der Waals surface area contributed by atoms with E-state index in [1.165, 1.54) is 34.4 Å². The number of aromatic carboxylic acids is 1. The Balaban J connectivity index is 1.95. The second kappa shape index (κ2) is 8.09. The van der Waals surface area contributed by atoms with Gasteiger partial charge in [0.05, 0.1) is 22.1 Å². The SMILES string of the molecule is Cc1cc(C)c([C@H]2C(C(=O)c3cccs3)=C(O)C(=O)N2c2cccc(C(=O)O)c2)cc1C. The molecule has 6 nitrogen and oxygen atoms in total. The van der Waals surface area contributed by atoms with Gasteiger partial charge in [-0.05, 0) is 72.7 Å². The van der Waals surface area contributed by atoms with E-state index >= 15 is 0 Å². The minimum Gasteiger partial charge on any atom is -0.503 e. The van der Waals surface area contributed by atoms with E-state index in [-0.39, 0.29) is 16.8 Å². The molecule has 1 atom stereocenters. The quantitative estimate of drug-likeness (QED) is 0.527. The van der Waals surface area contributed by atoms with Crippen LogP contribution in [0.3, 0.4) is 0 Å². The average molecular weight is 448 g/mol. The van der Waals surface area contributed by atoms with Gasteiger partial charge in [-0.15, -0.1) is 11.3 Å². The van der Waals surface area contributed by atoms with Crippen molar-refractivity contribution in [3.63, 3.8) is 0 Å². The molecule has 1 amide bonds. The zero-order valence-electron chi connectivity index (χ0n) is 17.7. The largest absolute Gasteiger partial charge is 0.503 e. The Morgan fingerprint density at radius 3 is 2.34 bits per heavy atom. The molecule has 1 aliphatic rings. The fourth-order valence-corrected chi connectivity index (χ4v) is 4.68. The van der Waals surface area contributed by atoms with Gasteiger partial charge in [0.2, 0.25) is 5.78 Å². The number of aliphatic hydroxyl groups excluding tert-OH is 1. The number of thiophene rings is 1. The van der Waals surface area contributed by atoms with Crippen molar-refractivity contribution in [3.8, 4) is 0 Å². The Hall–Kier alpha value is -3.71. The van der Waals surface area contributed by atoms with E-state index in [9.17, 15) is 24.6 Å². The van der Waals surface area contributed by atoms with E-state index in [2.05, 4.69) is 0 Å². The predicted octanol–water partition coefficient (Wildman–Crippen LogP) is 5.15. The minimum absolute atomic E-state index is 0.00313. The number of hydrogen-bond donors (Lipinski definition) is 2.